The fraction of sp³-hybridized carbons (Fsp3) is 0.364. The van der Waals surface area contributed by atoms with Crippen LogP contribution in [-0.4, -0.2) is 48.9 Å². The Morgan fingerprint density at radius 1 is 1.14 bits per heavy atom. The molecule has 2 aromatic carbocycles. The summed E-state index contributed by atoms with van der Waals surface area (Å²) >= 11 is 6.06. The van der Waals surface area contributed by atoms with E-state index >= 15 is 0 Å². The molecule has 1 aliphatic rings. The van der Waals surface area contributed by atoms with Crippen LogP contribution in [0.15, 0.2) is 48.5 Å². The van der Waals surface area contributed by atoms with Gasteiger partial charge in [0.25, 0.3) is 5.91 Å². The molecule has 1 aliphatic heterocycles. The van der Waals surface area contributed by atoms with Crippen LogP contribution >= 0.6 is 11.6 Å². The third kappa shape index (κ3) is 5.12. The number of carbonyl (C=O) groups is 2. The SMILES string of the molecule is Cc1cccc(C[NH+]2CCN(C(=O)[C@H](C)NC(=O)c3ccccc3Cl)CC2)c1. The van der Waals surface area contributed by atoms with E-state index in [1.165, 1.54) is 16.0 Å². The predicted molar refractivity (Wildman–Crippen MR) is 111 cm³/mol. The van der Waals surface area contributed by atoms with Gasteiger partial charge in [-0.2, -0.15) is 0 Å². The Labute approximate surface area is 171 Å². The summed E-state index contributed by atoms with van der Waals surface area (Å²) in [5, 5.41) is 3.15. The average molecular weight is 401 g/mol. The summed E-state index contributed by atoms with van der Waals surface area (Å²) in [6, 6.07) is 14.8. The number of halogens is 1. The molecule has 0 bridgehead atoms. The number of hydrogen-bond acceptors (Lipinski definition) is 2. The van der Waals surface area contributed by atoms with Crippen LogP contribution in [-0.2, 0) is 11.3 Å². The molecule has 0 saturated carbocycles. The number of nitrogens with one attached hydrogen (secondary N) is 2. The van der Waals surface area contributed by atoms with Crippen molar-refractivity contribution in [2.24, 2.45) is 0 Å². The molecule has 28 heavy (non-hydrogen) atoms. The maximum absolute atomic E-state index is 12.7. The molecule has 2 amide bonds. The second-order valence-corrected chi connectivity index (χ2v) is 7.82. The Kier molecular flexibility index (Phi) is 6.70. The minimum absolute atomic E-state index is 0.0463. The van der Waals surface area contributed by atoms with Gasteiger partial charge in [-0.05, 0) is 26.0 Å². The van der Waals surface area contributed by atoms with Crippen molar-refractivity contribution < 1.29 is 14.5 Å². The average Bonchev–Trinajstić information content (AvgIpc) is 2.68. The first-order valence-electron chi connectivity index (χ1n) is 9.67. The Morgan fingerprint density at radius 2 is 1.86 bits per heavy atom. The van der Waals surface area contributed by atoms with Crippen molar-refractivity contribution in [1.82, 2.24) is 10.2 Å². The minimum atomic E-state index is -0.581. The molecule has 6 heteroatoms. The highest BCUT2D eigenvalue weighted by Gasteiger charge is 2.28. The number of carbonyl (C=O) groups excluding carboxylic acids is 2. The first-order valence-corrected chi connectivity index (χ1v) is 10.0. The molecule has 0 unspecified atom stereocenters. The van der Waals surface area contributed by atoms with Crippen LogP contribution in [0.4, 0.5) is 0 Å². The number of nitrogens with zero attached hydrogens (tertiary/aromatic N) is 1. The number of hydrogen-bond donors (Lipinski definition) is 2. The van der Waals surface area contributed by atoms with E-state index in [0.29, 0.717) is 23.7 Å². The zero-order valence-corrected chi connectivity index (χ0v) is 17.1. The molecule has 5 nitrogen and oxygen atoms in total. The molecule has 2 N–H and O–H groups in total. The van der Waals surface area contributed by atoms with Gasteiger partial charge in [0.1, 0.15) is 12.6 Å². The molecule has 1 atom stereocenters. The number of piperazine rings is 1. The van der Waals surface area contributed by atoms with Gasteiger partial charge in [-0.3, -0.25) is 9.59 Å². The second-order valence-electron chi connectivity index (χ2n) is 7.42. The number of quaternary nitrogens is 1. The van der Waals surface area contributed by atoms with Gasteiger partial charge in [-0.15, -0.1) is 0 Å². The second kappa shape index (κ2) is 9.22. The van der Waals surface area contributed by atoms with E-state index in [1.807, 2.05) is 4.90 Å². The minimum Gasteiger partial charge on any atom is -0.340 e. The molecular formula is C22H27ClN3O2+. The highest BCUT2D eigenvalue weighted by Crippen LogP contribution is 2.14. The maximum Gasteiger partial charge on any atom is 0.253 e. The monoisotopic (exact) mass is 400 g/mol. The van der Waals surface area contributed by atoms with E-state index in [4.69, 9.17) is 11.6 Å². The molecule has 0 aliphatic carbocycles. The van der Waals surface area contributed by atoms with Crippen LogP contribution < -0.4 is 10.2 Å². The summed E-state index contributed by atoms with van der Waals surface area (Å²) in [4.78, 5) is 28.4. The normalized spacial score (nSPS) is 15.9. The highest BCUT2D eigenvalue weighted by atomic mass is 35.5. The van der Waals surface area contributed by atoms with E-state index in [-0.39, 0.29) is 11.8 Å². The molecule has 0 aromatic heterocycles. The van der Waals surface area contributed by atoms with Crippen LogP contribution in [0, 0.1) is 6.92 Å². The van der Waals surface area contributed by atoms with Crippen LogP contribution in [0.3, 0.4) is 0 Å². The highest BCUT2D eigenvalue weighted by molar-refractivity contribution is 6.33. The Hall–Kier alpha value is -2.37. The lowest BCUT2D eigenvalue weighted by molar-refractivity contribution is -0.917. The van der Waals surface area contributed by atoms with Gasteiger partial charge in [-0.25, -0.2) is 0 Å². The quantitative estimate of drug-likeness (QED) is 0.802. The molecule has 2 aromatic rings. The predicted octanol–water partition coefficient (Wildman–Crippen LogP) is 1.69. The van der Waals surface area contributed by atoms with Gasteiger partial charge >= 0.3 is 0 Å². The van der Waals surface area contributed by atoms with Gasteiger partial charge in [0.05, 0.1) is 36.8 Å². The third-order valence-corrected chi connectivity index (χ3v) is 5.48. The summed E-state index contributed by atoms with van der Waals surface area (Å²) in [7, 11) is 0. The molecule has 1 saturated heterocycles. The molecule has 148 valence electrons. The lowest BCUT2D eigenvalue weighted by atomic mass is 10.1. The van der Waals surface area contributed by atoms with Gasteiger partial charge in [0.15, 0.2) is 0 Å². The number of benzene rings is 2. The van der Waals surface area contributed by atoms with Gasteiger partial charge in [0, 0.05) is 5.56 Å². The molecule has 0 radical (unpaired) electrons. The molecular weight excluding hydrogens is 374 g/mol. The largest absolute Gasteiger partial charge is 0.340 e. The van der Waals surface area contributed by atoms with E-state index in [9.17, 15) is 9.59 Å². The van der Waals surface area contributed by atoms with Crippen LogP contribution in [0.5, 0.6) is 0 Å². The van der Waals surface area contributed by atoms with E-state index < -0.39 is 6.04 Å². The van der Waals surface area contributed by atoms with Crippen molar-refractivity contribution in [3.05, 3.63) is 70.2 Å². The topological polar surface area (TPSA) is 53.9 Å². The smallest absolute Gasteiger partial charge is 0.253 e. The Balaban J connectivity index is 1.50. The van der Waals surface area contributed by atoms with Gasteiger partial charge in [-0.1, -0.05) is 53.6 Å². The third-order valence-electron chi connectivity index (χ3n) is 5.16. The fourth-order valence-corrected chi connectivity index (χ4v) is 3.81. The van der Waals surface area contributed by atoms with E-state index in [2.05, 4.69) is 36.5 Å². The molecule has 1 heterocycles. The Morgan fingerprint density at radius 3 is 2.54 bits per heavy atom. The summed E-state index contributed by atoms with van der Waals surface area (Å²) in [5.41, 5.74) is 2.99. The molecule has 1 fully saturated rings. The van der Waals surface area contributed by atoms with Crippen LogP contribution in [0.25, 0.3) is 0 Å². The summed E-state index contributed by atoms with van der Waals surface area (Å²) < 4.78 is 0. The Bertz CT molecular complexity index is 847. The molecule has 3 rings (SSSR count). The van der Waals surface area contributed by atoms with Crippen molar-refractivity contribution in [1.29, 1.82) is 0 Å². The van der Waals surface area contributed by atoms with Crippen molar-refractivity contribution in [3.8, 4) is 0 Å². The van der Waals surface area contributed by atoms with Crippen molar-refractivity contribution in [2.45, 2.75) is 26.4 Å². The molecule has 0 spiro atoms. The zero-order valence-electron chi connectivity index (χ0n) is 16.4. The first-order chi connectivity index (χ1) is 13.4. The maximum atomic E-state index is 12.7. The van der Waals surface area contributed by atoms with Gasteiger partial charge < -0.3 is 15.1 Å². The van der Waals surface area contributed by atoms with Crippen molar-refractivity contribution >= 4 is 23.4 Å². The van der Waals surface area contributed by atoms with E-state index in [0.717, 1.165) is 19.6 Å². The first kappa shape index (κ1) is 20.4. The summed E-state index contributed by atoms with van der Waals surface area (Å²) in [6.07, 6.45) is 0. The summed E-state index contributed by atoms with van der Waals surface area (Å²) in [6.45, 7) is 8.02. The fourth-order valence-electron chi connectivity index (χ4n) is 3.59. The number of rotatable bonds is 5. The lowest BCUT2D eigenvalue weighted by Crippen LogP contribution is -3.13. The summed E-state index contributed by atoms with van der Waals surface area (Å²) in [5.74, 6) is -0.370. The van der Waals surface area contributed by atoms with Crippen LogP contribution in [0.1, 0.15) is 28.4 Å². The van der Waals surface area contributed by atoms with E-state index in [1.54, 1.807) is 31.2 Å². The van der Waals surface area contributed by atoms with Crippen molar-refractivity contribution in [3.63, 3.8) is 0 Å². The number of aryl methyl sites for hydroxylation is 1. The number of amides is 2. The van der Waals surface area contributed by atoms with Gasteiger partial charge in [0.2, 0.25) is 5.91 Å². The zero-order chi connectivity index (χ0) is 20.1. The standard InChI is InChI=1S/C22H26ClN3O2/c1-16-6-5-7-18(14-16)15-25-10-12-26(13-11-25)22(28)17(2)24-21(27)19-8-3-4-9-20(19)23/h3-9,14,17H,10-13,15H2,1-2H3,(H,24,27)/p+1/t17-/m0/s1. The van der Waals surface area contributed by atoms with Crippen LogP contribution in [0.2, 0.25) is 5.02 Å². The van der Waals surface area contributed by atoms with Crippen molar-refractivity contribution in [2.75, 3.05) is 26.2 Å². The lowest BCUT2D eigenvalue weighted by Gasteiger charge is -2.33.